The maximum atomic E-state index is 12.2. The molecular formula is C9H11N3O2S2. The fourth-order valence-electron chi connectivity index (χ4n) is 1.73. The van der Waals surface area contributed by atoms with Gasteiger partial charge in [-0.1, -0.05) is 0 Å². The number of sulfonamides is 1. The van der Waals surface area contributed by atoms with Gasteiger partial charge in [0.25, 0.3) is 10.0 Å². The average molecular weight is 257 g/mol. The SMILES string of the molecule is Cc1ncc(S(=O)(=O)N2CCCC2C#N)s1. The maximum Gasteiger partial charge on any atom is 0.255 e. The Labute approximate surface area is 98.4 Å². The molecule has 1 aromatic heterocycles. The Bertz CT molecular complexity index is 529. The largest absolute Gasteiger partial charge is 0.255 e. The molecule has 16 heavy (non-hydrogen) atoms. The zero-order chi connectivity index (χ0) is 11.8. The van der Waals surface area contributed by atoms with Crippen molar-refractivity contribution in [3.8, 4) is 6.07 Å². The first kappa shape index (κ1) is 11.5. The summed E-state index contributed by atoms with van der Waals surface area (Å²) in [6.45, 7) is 2.19. The summed E-state index contributed by atoms with van der Waals surface area (Å²) in [5.74, 6) is 0. The van der Waals surface area contributed by atoms with E-state index in [0.29, 0.717) is 18.0 Å². The van der Waals surface area contributed by atoms with Gasteiger partial charge in [-0.05, 0) is 19.8 Å². The molecule has 0 N–H and O–H groups in total. The van der Waals surface area contributed by atoms with E-state index in [-0.39, 0.29) is 4.21 Å². The lowest BCUT2D eigenvalue weighted by atomic mass is 10.2. The molecule has 2 rings (SSSR count). The Morgan fingerprint density at radius 1 is 1.69 bits per heavy atom. The molecule has 86 valence electrons. The molecule has 0 spiro atoms. The standard InChI is InChI=1S/C9H11N3O2S2/c1-7-11-6-9(15-7)16(13,14)12-4-2-3-8(12)5-10/h6,8H,2-4H2,1H3. The number of hydrogen-bond acceptors (Lipinski definition) is 5. The topological polar surface area (TPSA) is 74.1 Å². The summed E-state index contributed by atoms with van der Waals surface area (Å²) in [5, 5.41) is 9.60. The van der Waals surface area contributed by atoms with Crippen molar-refractivity contribution in [1.29, 1.82) is 5.26 Å². The van der Waals surface area contributed by atoms with Gasteiger partial charge in [0.1, 0.15) is 6.04 Å². The van der Waals surface area contributed by atoms with Crippen LogP contribution in [0, 0.1) is 18.3 Å². The fraction of sp³-hybridized carbons (Fsp3) is 0.556. The van der Waals surface area contributed by atoms with E-state index in [0.717, 1.165) is 17.8 Å². The molecule has 0 aromatic carbocycles. The number of rotatable bonds is 2. The first-order chi connectivity index (χ1) is 7.55. The third-order valence-electron chi connectivity index (χ3n) is 2.52. The van der Waals surface area contributed by atoms with Gasteiger partial charge in [-0.2, -0.15) is 9.57 Å². The second-order valence-electron chi connectivity index (χ2n) is 3.60. The number of nitrogens with zero attached hydrogens (tertiary/aromatic N) is 3. The van der Waals surface area contributed by atoms with Crippen molar-refractivity contribution < 1.29 is 8.42 Å². The van der Waals surface area contributed by atoms with Gasteiger partial charge in [0.2, 0.25) is 0 Å². The van der Waals surface area contributed by atoms with E-state index in [4.69, 9.17) is 5.26 Å². The minimum Gasteiger partial charge on any atom is -0.249 e. The molecule has 1 aromatic rings. The van der Waals surface area contributed by atoms with E-state index in [9.17, 15) is 8.42 Å². The Morgan fingerprint density at radius 3 is 3.00 bits per heavy atom. The predicted molar refractivity (Wildman–Crippen MR) is 59.4 cm³/mol. The summed E-state index contributed by atoms with van der Waals surface area (Å²) >= 11 is 1.14. The molecule has 2 heterocycles. The fourth-order valence-corrected chi connectivity index (χ4v) is 4.58. The molecule has 0 radical (unpaired) electrons. The Kier molecular flexibility index (Phi) is 2.97. The van der Waals surface area contributed by atoms with Crippen LogP contribution in [-0.4, -0.2) is 30.3 Å². The van der Waals surface area contributed by atoms with Gasteiger partial charge in [-0.25, -0.2) is 13.4 Å². The number of thiazole rings is 1. The smallest absolute Gasteiger partial charge is 0.249 e. The molecule has 7 heteroatoms. The van der Waals surface area contributed by atoms with E-state index in [1.54, 1.807) is 6.92 Å². The second kappa shape index (κ2) is 4.13. The Balaban J connectivity index is 2.36. The lowest BCUT2D eigenvalue weighted by Crippen LogP contribution is -2.34. The number of aryl methyl sites for hydroxylation is 1. The van der Waals surface area contributed by atoms with Gasteiger partial charge in [0, 0.05) is 6.54 Å². The van der Waals surface area contributed by atoms with E-state index < -0.39 is 16.1 Å². The molecular weight excluding hydrogens is 246 g/mol. The van der Waals surface area contributed by atoms with Crippen molar-refractivity contribution in [3.63, 3.8) is 0 Å². The van der Waals surface area contributed by atoms with Crippen LogP contribution in [0.25, 0.3) is 0 Å². The third kappa shape index (κ3) is 1.84. The van der Waals surface area contributed by atoms with Gasteiger partial charge in [0.15, 0.2) is 4.21 Å². The van der Waals surface area contributed by atoms with E-state index in [1.807, 2.05) is 6.07 Å². The minimum atomic E-state index is -3.51. The lowest BCUT2D eigenvalue weighted by molar-refractivity contribution is 0.439. The Hall–Kier alpha value is -0.970. The van der Waals surface area contributed by atoms with Crippen LogP contribution >= 0.6 is 11.3 Å². The highest BCUT2D eigenvalue weighted by atomic mass is 32.2. The molecule has 0 amide bonds. The van der Waals surface area contributed by atoms with Crippen LogP contribution in [-0.2, 0) is 10.0 Å². The third-order valence-corrected chi connectivity index (χ3v) is 5.77. The predicted octanol–water partition coefficient (Wildman–Crippen LogP) is 1.13. The molecule has 0 bridgehead atoms. The number of nitriles is 1. The molecule has 5 nitrogen and oxygen atoms in total. The van der Waals surface area contributed by atoms with Crippen LogP contribution in [0.15, 0.2) is 10.4 Å². The molecule has 1 fully saturated rings. The molecule has 1 atom stereocenters. The van der Waals surface area contributed by atoms with Crippen molar-refractivity contribution >= 4 is 21.4 Å². The quantitative estimate of drug-likeness (QED) is 0.796. The second-order valence-corrected chi connectivity index (χ2v) is 6.95. The van der Waals surface area contributed by atoms with E-state index in [1.165, 1.54) is 10.5 Å². The zero-order valence-corrected chi connectivity index (χ0v) is 10.4. The van der Waals surface area contributed by atoms with Crippen LogP contribution < -0.4 is 0 Å². The number of aromatic nitrogens is 1. The van der Waals surface area contributed by atoms with Crippen molar-refractivity contribution in [2.24, 2.45) is 0 Å². The van der Waals surface area contributed by atoms with Crippen LogP contribution in [0.2, 0.25) is 0 Å². The normalized spacial score (nSPS) is 22.1. The van der Waals surface area contributed by atoms with E-state index in [2.05, 4.69) is 4.98 Å². The summed E-state index contributed by atoms with van der Waals surface area (Å²) in [7, 11) is -3.51. The molecule has 1 aliphatic rings. The van der Waals surface area contributed by atoms with Crippen LogP contribution in [0.1, 0.15) is 17.8 Å². The molecule has 1 unspecified atom stereocenters. The number of hydrogen-bond donors (Lipinski definition) is 0. The highest BCUT2D eigenvalue weighted by Crippen LogP contribution is 2.28. The van der Waals surface area contributed by atoms with Gasteiger partial charge in [-0.15, -0.1) is 11.3 Å². The Morgan fingerprint density at radius 2 is 2.44 bits per heavy atom. The van der Waals surface area contributed by atoms with Crippen LogP contribution in [0.5, 0.6) is 0 Å². The lowest BCUT2D eigenvalue weighted by Gasteiger charge is -2.17. The average Bonchev–Trinajstić information content (AvgIpc) is 2.85. The summed E-state index contributed by atoms with van der Waals surface area (Å²) < 4.78 is 25.8. The van der Waals surface area contributed by atoms with Gasteiger partial charge in [-0.3, -0.25) is 0 Å². The van der Waals surface area contributed by atoms with Crippen molar-refractivity contribution in [2.75, 3.05) is 6.54 Å². The van der Waals surface area contributed by atoms with Crippen molar-refractivity contribution in [1.82, 2.24) is 9.29 Å². The van der Waals surface area contributed by atoms with Gasteiger partial charge >= 0.3 is 0 Å². The molecule has 0 saturated carbocycles. The van der Waals surface area contributed by atoms with Gasteiger partial charge < -0.3 is 0 Å². The van der Waals surface area contributed by atoms with Crippen LogP contribution in [0.3, 0.4) is 0 Å². The van der Waals surface area contributed by atoms with Crippen molar-refractivity contribution in [2.45, 2.75) is 30.0 Å². The first-order valence-corrected chi connectivity index (χ1v) is 7.15. The molecule has 1 saturated heterocycles. The highest BCUT2D eigenvalue weighted by molar-refractivity contribution is 7.91. The summed E-state index contributed by atoms with van der Waals surface area (Å²) in [5.41, 5.74) is 0. The van der Waals surface area contributed by atoms with E-state index >= 15 is 0 Å². The van der Waals surface area contributed by atoms with Gasteiger partial charge in [0.05, 0.1) is 17.3 Å². The molecule has 1 aliphatic heterocycles. The summed E-state index contributed by atoms with van der Waals surface area (Å²) in [6.07, 6.45) is 2.73. The summed E-state index contributed by atoms with van der Waals surface area (Å²) in [4.78, 5) is 3.93. The highest BCUT2D eigenvalue weighted by Gasteiger charge is 2.36. The monoisotopic (exact) mass is 257 g/mol. The zero-order valence-electron chi connectivity index (χ0n) is 8.75. The van der Waals surface area contributed by atoms with Crippen molar-refractivity contribution in [3.05, 3.63) is 11.2 Å². The first-order valence-electron chi connectivity index (χ1n) is 4.89. The summed E-state index contributed by atoms with van der Waals surface area (Å²) in [6, 6.07) is 1.51. The minimum absolute atomic E-state index is 0.229. The van der Waals surface area contributed by atoms with Crippen LogP contribution in [0.4, 0.5) is 0 Å². The maximum absolute atomic E-state index is 12.2. The molecule has 0 aliphatic carbocycles.